The fourth-order valence-corrected chi connectivity index (χ4v) is 3.42. The van der Waals surface area contributed by atoms with Crippen molar-refractivity contribution < 1.29 is 4.90 Å². The van der Waals surface area contributed by atoms with Gasteiger partial charge in [0.1, 0.15) is 6.54 Å². The smallest absolute Gasteiger partial charge is 0.104 e. The highest BCUT2D eigenvalue weighted by atomic mass is 15.5. The van der Waals surface area contributed by atoms with Crippen LogP contribution in [0.3, 0.4) is 0 Å². The summed E-state index contributed by atoms with van der Waals surface area (Å²) in [4.78, 5) is 5.66. The molecule has 25 heavy (non-hydrogen) atoms. The van der Waals surface area contributed by atoms with Gasteiger partial charge in [-0.3, -0.25) is 9.99 Å². The Balaban J connectivity index is 1.36. The van der Waals surface area contributed by atoms with Crippen LogP contribution in [0, 0.1) is 0 Å². The van der Waals surface area contributed by atoms with E-state index in [-0.39, 0.29) is 0 Å². The number of hydrogen-bond acceptors (Lipinski definition) is 3. The molecule has 1 aliphatic heterocycles. The summed E-state index contributed by atoms with van der Waals surface area (Å²) in [6.07, 6.45) is 5.53. The Labute approximate surface area is 148 Å². The second kappa shape index (κ2) is 7.45. The Bertz CT molecular complexity index is 847. The van der Waals surface area contributed by atoms with E-state index in [4.69, 9.17) is 0 Å². The van der Waals surface area contributed by atoms with Crippen LogP contribution >= 0.6 is 0 Å². The third-order valence-corrected chi connectivity index (χ3v) is 4.84. The predicted molar refractivity (Wildman–Crippen MR) is 102 cm³/mol. The van der Waals surface area contributed by atoms with E-state index in [0.717, 1.165) is 38.3 Å². The van der Waals surface area contributed by atoms with Crippen molar-refractivity contribution in [3.63, 3.8) is 0 Å². The topological polar surface area (TPSA) is 32.9 Å². The standard InChI is InChI=1S/C21H22N4/c1-2-7-21-19(4-1)5-3-6-20(21)17-24-12-14-25(15-13-24)23-16-18-8-10-22-11-9-18/h1-11,16H,12-15,17H2/p+1. The molecule has 0 amide bonds. The molecule has 4 nitrogen and oxygen atoms in total. The van der Waals surface area contributed by atoms with Gasteiger partial charge in [0.05, 0.1) is 32.4 Å². The average molecular weight is 331 g/mol. The molecule has 1 fully saturated rings. The van der Waals surface area contributed by atoms with Gasteiger partial charge < -0.3 is 4.90 Å². The molecule has 0 atom stereocenters. The van der Waals surface area contributed by atoms with E-state index in [1.807, 2.05) is 18.3 Å². The normalized spacial score (nSPS) is 15.9. The highest BCUT2D eigenvalue weighted by Crippen LogP contribution is 2.17. The van der Waals surface area contributed by atoms with Crippen molar-refractivity contribution >= 4 is 17.0 Å². The number of hydrazone groups is 1. The fraction of sp³-hybridized carbons (Fsp3) is 0.238. The summed E-state index contributed by atoms with van der Waals surface area (Å²) in [6, 6.07) is 19.3. The van der Waals surface area contributed by atoms with Crippen LogP contribution in [0.5, 0.6) is 0 Å². The lowest BCUT2D eigenvalue weighted by atomic mass is 10.0. The Morgan fingerprint density at radius 1 is 0.960 bits per heavy atom. The number of nitrogens with zero attached hydrogens (tertiary/aromatic N) is 3. The molecule has 2 aromatic carbocycles. The lowest BCUT2D eigenvalue weighted by molar-refractivity contribution is -0.918. The van der Waals surface area contributed by atoms with Crippen molar-refractivity contribution in [1.29, 1.82) is 0 Å². The number of benzene rings is 2. The number of pyridine rings is 1. The Kier molecular flexibility index (Phi) is 4.70. The molecule has 1 aromatic heterocycles. The molecule has 0 bridgehead atoms. The summed E-state index contributed by atoms with van der Waals surface area (Å²) < 4.78 is 0. The Morgan fingerprint density at radius 2 is 1.72 bits per heavy atom. The molecule has 1 aliphatic rings. The van der Waals surface area contributed by atoms with Crippen LogP contribution in [0.15, 0.2) is 72.1 Å². The van der Waals surface area contributed by atoms with Gasteiger partial charge in [0.2, 0.25) is 0 Å². The molecule has 126 valence electrons. The van der Waals surface area contributed by atoms with E-state index in [1.165, 1.54) is 16.3 Å². The van der Waals surface area contributed by atoms with Crippen molar-refractivity contribution in [2.24, 2.45) is 5.10 Å². The first-order valence-electron chi connectivity index (χ1n) is 8.88. The van der Waals surface area contributed by atoms with Crippen molar-refractivity contribution in [3.8, 4) is 0 Å². The Hall–Kier alpha value is -2.72. The molecule has 0 spiro atoms. The first kappa shape index (κ1) is 15.8. The zero-order valence-electron chi connectivity index (χ0n) is 14.3. The first-order chi connectivity index (χ1) is 12.4. The number of hydrogen-bond donors (Lipinski definition) is 1. The lowest BCUT2D eigenvalue weighted by Crippen LogP contribution is -3.13. The molecule has 1 saturated heterocycles. The van der Waals surface area contributed by atoms with Crippen molar-refractivity contribution in [2.45, 2.75) is 6.54 Å². The summed E-state index contributed by atoms with van der Waals surface area (Å²) in [5.74, 6) is 0. The molecule has 0 aliphatic carbocycles. The van der Waals surface area contributed by atoms with Gasteiger partial charge in [0.15, 0.2) is 0 Å². The van der Waals surface area contributed by atoms with Gasteiger partial charge in [0, 0.05) is 18.0 Å². The molecular weight excluding hydrogens is 308 g/mol. The third-order valence-electron chi connectivity index (χ3n) is 4.84. The van der Waals surface area contributed by atoms with E-state index in [2.05, 4.69) is 57.6 Å². The summed E-state index contributed by atoms with van der Waals surface area (Å²) in [6.45, 7) is 5.33. The van der Waals surface area contributed by atoms with Crippen molar-refractivity contribution in [3.05, 3.63) is 78.1 Å². The van der Waals surface area contributed by atoms with Crippen LogP contribution in [0.2, 0.25) is 0 Å². The molecule has 1 N–H and O–H groups in total. The fourth-order valence-electron chi connectivity index (χ4n) is 3.42. The number of rotatable bonds is 4. The average Bonchev–Trinajstić information content (AvgIpc) is 2.69. The predicted octanol–water partition coefficient (Wildman–Crippen LogP) is 1.97. The maximum Gasteiger partial charge on any atom is 0.104 e. The van der Waals surface area contributed by atoms with Gasteiger partial charge in [0.25, 0.3) is 0 Å². The van der Waals surface area contributed by atoms with Gasteiger partial charge in [-0.15, -0.1) is 0 Å². The molecular formula is C21H23N4+. The minimum Gasteiger partial charge on any atom is -0.328 e. The molecule has 3 aromatic rings. The van der Waals surface area contributed by atoms with E-state index in [1.54, 1.807) is 17.3 Å². The van der Waals surface area contributed by atoms with Crippen LogP contribution < -0.4 is 4.90 Å². The zero-order chi connectivity index (χ0) is 16.9. The summed E-state index contributed by atoms with van der Waals surface area (Å²) in [7, 11) is 0. The van der Waals surface area contributed by atoms with Crippen LogP contribution in [-0.2, 0) is 6.54 Å². The number of piperazine rings is 1. The maximum atomic E-state index is 4.61. The molecule has 2 heterocycles. The molecule has 4 heteroatoms. The highest BCUT2D eigenvalue weighted by Gasteiger charge is 2.19. The monoisotopic (exact) mass is 331 g/mol. The van der Waals surface area contributed by atoms with E-state index < -0.39 is 0 Å². The van der Waals surface area contributed by atoms with Gasteiger partial charge in [-0.25, -0.2) is 0 Å². The minimum absolute atomic E-state index is 1.00. The van der Waals surface area contributed by atoms with Gasteiger partial charge in [-0.1, -0.05) is 42.5 Å². The van der Waals surface area contributed by atoms with E-state index >= 15 is 0 Å². The number of quaternary nitrogens is 1. The first-order valence-corrected chi connectivity index (χ1v) is 8.88. The van der Waals surface area contributed by atoms with Crippen molar-refractivity contribution in [1.82, 2.24) is 9.99 Å². The summed E-state index contributed by atoms with van der Waals surface area (Å²) >= 11 is 0. The molecule has 0 unspecified atom stereocenters. The van der Waals surface area contributed by atoms with Crippen LogP contribution in [0.1, 0.15) is 11.1 Å². The summed E-state index contributed by atoms with van der Waals surface area (Å²) in [5.41, 5.74) is 2.54. The second-order valence-corrected chi connectivity index (χ2v) is 6.54. The van der Waals surface area contributed by atoms with Crippen LogP contribution in [0.25, 0.3) is 10.8 Å². The van der Waals surface area contributed by atoms with Gasteiger partial charge >= 0.3 is 0 Å². The highest BCUT2D eigenvalue weighted by molar-refractivity contribution is 5.85. The number of aromatic nitrogens is 1. The largest absolute Gasteiger partial charge is 0.328 e. The summed E-state index contributed by atoms with van der Waals surface area (Å²) in [5, 5.41) is 9.50. The number of fused-ring (bicyclic) bond motifs is 1. The molecule has 0 saturated carbocycles. The van der Waals surface area contributed by atoms with Crippen LogP contribution in [0.4, 0.5) is 0 Å². The van der Waals surface area contributed by atoms with Crippen molar-refractivity contribution in [2.75, 3.05) is 26.2 Å². The van der Waals surface area contributed by atoms with Gasteiger partial charge in [-0.2, -0.15) is 5.10 Å². The molecule has 0 radical (unpaired) electrons. The number of nitrogens with one attached hydrogen (secondary N) is 1. The minimum atomic E-state index is 1.00. The zero-order valence-corrected chi connectivity index (χ0v) is 14.3. The SMILES string of the molecule is C(=NN1CC[NH+](Cc2cccc3ccccc23)CC1)c1ccncc1. The second-order valence-electron chi connectivity index (χ2n) is 6.54. The van der Waals surface area contributed by atoms with Gasteiger partial charge in [-0.05, 0) is 28.5 Å². The third kappa shape index (κ3) is 3.86. The molecule has 4 rings (SSSR count). The lowest BCUT2D eigenvalue weighted by Gasteiger charge is -2.30. The van der Waals surface area contributed by atoms with Crippen LogP contribution in [-0.4, -0.2) is 42.4 Å². The van der Waals surface area contributed by atoms with E-state index in [0.29, 0.717) is 0 Å². The maximum absolute atomic E-state index is 4.61. The Morgan fingerprint density at radius 3 is 2.56 bits per heavy atom. The quantitative estimate of drug-likeness (QED) is 0.742. The van der Waals surface area contributed by atoms with E-state index in [9.17, 15) is 0 Å².